The fourth-order valence-electron chi connectivity index (χ4n) is 5.74. The maximum Gasteiger partial charge on any atom is 0.394 e. The standard InChI is InChI=1S/C26H23F3N.C13H28O2Si2.Ir/c1-16-12-17(2)14-19(13-16)24-23-9-8-20-18(15-25(3,4)26(27,28)29)6-5-7-21(20)22(23)10-11-30-24;1-7-16(5,8-2)12(14)11-13(15)17(6,9-3)10-4;/h5-13H,15H2,1-4H3;11,14H,7-10H2,1-6H3;/q-1;;/b;12-11+;. The fraction of sp³-hybridized carbons (Fsp3) is 0.436. The number of alkyl halides is 3. The smallest absolute Gasteiger partial charge is 0.394 e. The van der Waals surface area contributed by atoms with Crippen LogP contribution in [0.25, 0.3) is 32.8 Å². The maximum absolute atomic E-state index is 13.5. The van der Waals surface area contributed by atoms with Gasteiger partial charge in [-0.05, 0) is 45.3 Å². The minimum atomic E-state index is -4.26. The molecule has 3 aromatic carbocycles. The number of benzene rings is 3. The van der Waals surface area contributed by atoms with Gasteiger partial charge in [0.1, 0.15) is 21.6 Å². The van der Waals surface area contributed by atoms with Gasteiger partial charge in [-0.25, -0.2) is 0 Å². The van der Waals surface area contributed by atoms with Crippen molar-refractivity contribution in [1.82, 2.24) is 4.98 Å². The molecule has 4 rings (SSSR count). The van der Waals surface area contributed by atoms with Gasteiger partial charge in [-0.3, -0.25) is 0 Å². The monoisotopic (exact) mass is 871 g/mol. The first kappa shape index (κ1) is 41.6. The molecule has 4 aromatic rings. The van der Waals surface area contributed by atoms with E-state index in [2.05, 4.69) is 64.0 Å². The summed E-state index contributed by atoms with van der Waals surface area (Å²) in [5.41, 5.74) is 2.84. The second-order valence-electron chi connectivity index (χ2n) is 14.1. The molecule has 0 saturated heterocycles. The molecule has 0 aliphatic heterocycles. The second kappa shape index (κ2) is 16.4. The number of carbonyl (C=O) groups excluding carboxylic acids is 1. The molecular weight excluding hydrogens is 820 g/mol. The number of pyridine rings is 1. The zero-order valence-electron chi connectivity index (χ0n) is 30.1. The van der Waals surface area contributed by atoms with Gasteiger partial charge in [-0.2, -0.15) is 13.2 Å². The Morgan fingerprint density at radius 1 is 0.854 bits per heavy atom. The summed E-state index contributed by atoms with van der Waals surface area (Å²) in [5.74, 6) is 0. The minimum absolute atomic E-state index is 0. The number of aliphatic hydroxyl groups is 1. The van der Waals surface area contributed by atoms with Crippen molar-refractivity contribution < 1.29 is 43.2 Å². The van der Waals surface area contributed by atoms with E-state index in [0.717, 1.165) is 68.1 Å². The summed E-state index contributed by atoms with van der Waals surface area (Å²) in [7, 11) is -3.57. The van der Waals surface area contributed by atoms with Crippen LogP contribution in [0.4, 0.5) is 13.2 Å². The Bertz CT molecular complexity index is 1740. The summed E-state index contributed by atoms with van der Waals surface area (Å²) in [6, 6.07) is 22.8. The molecule has 1 aromatic heterocycles. The molecular formula is C39H51F3IrNO2Si2-. The van der Waals surface area contributed by atoms with Crippen molar-refractivity contribution in [3.63, 3.8) is 0 Å². The third-order valence-corrected chi connectivity index (χ3v) is 19.3. The van der Waals surface area contributed by atoms with Crippen molar-refractivity contribution in [3.05, 3.63) is 88.9 Å². The normalized spacial score (nSPS) is 12.8. The van der Waals surface area contributed by atoms with Crippen LogP contribution in [-0.2, 0) is 31.3 Å². The van der Waals surface area contributed by atoms with E-state index >= 15 is 0 Å². The molecule has 48 heavy (non-hydrogen) atoms. The second-order valence-corrected chi connectivity index (χ2v) is 24.2. The molecule has 0 spiro atoms. The third-order valence-electron chi connectivity index (χ3n) is 10.3. The number of carbonyl (C=O) groups is 1. The topological polar surface area (TPSA) is 50.2 Å². The molecule has 0 saturated carbocycles. The number of nitrogens with zero attached hydrogens (tertiary/aromatic N) is 1. The van der Waals surface area contributed by atoms with E-state index in [4.69, 9.17) is 0 Å². The fourth-order valence-corrected chi connectivity index (χ4v) is 9.27. The van der Waals surface area contributed by atoms with E-state index in [1.54, 1.807) is 18.3 Å². The first-order valence-corrected chi connectivity index (χ1v) is 22.5. The molecule has 0 fully saturated rings. The SMILES string of the molecule is CC[Si](C)(CC)C(=O)/C=C(\O)[Si](C)(CC)CC.Cc1[c-]c(-c2nccc3c2ccc2c(CC(C)(C)C(F)(F)F)cccc23)cc(C)c1.[Ir]. The summed E-state index contributed by atoms with van der Waals surface area (Å²) in [6.07, 6.45) is -0.989. The van der Waals surface area contributed by atoms with Crippen LogP contribution in [0.2, 0.25) is 37.3 Å². The summed E-state index contributed by atoms with van der Waals surface area (Å²) < 4.78 is 40.4. The Labute approximate surface area is 300 Å². The van der Waals surface area contributed by atoms with Gasteiger partial charge in [0, 0.05) is 32.4 Å². The van der Waals surface area contributed by atoms with E-state index in [-0.39, 0.29) is 31.9 Å². The molecule has 1 radical (unpaired) electrons. The van der Waals surface area contributed by atoms with Gasteiger partial charge in [0.05, 0.1) is 10.8 Å². The van der Waals surface area contributed by atoms with Crippen molar-refractivity contribution in [2.75, 3.05) is 0 Å². The minimum Gasteiger partial charge on any atom is -0.517 e. The summed E-state index contributed by atoms with van der Waals surface area (Å²) in [6.45, 7) is 19.2. The number of hydrogen-bond acceptors (Lipinski definition) is 3. The number of halogens is 3. The molecule has 1 heterocycles. The molecule has 3 nitrogen and oxygen atoms in total. The average Bonchev–Trinajstić information content (AvgIpc) is 3.02. The number of aryl methyl sites for hydroxylation is 2. The van der Waals surface area contributed by atoms with Crippen molar-refractivity contribution in [3.8, 4) is 11.3 Å². The number of hydrogen-bond donors (Lipinski definition) is 1. The Morgan fingerprint density at radius 3 is 1.96 bits per heavy atom. The van der Waals surface area contributed by atoms with Gasteiger partial charge in [-0.15, -0.1) is 34.9 Å². The summed E-state index contributed by atoms with van der Waals surface area (Å²) in [5, 5.41) is 14.6. The third kappa shape index (κ3) is 9.14. The Balaban J connectivity index is 0.000000384. The molecule has 0 amide bonds. The van der Waals surface area contributed by atoms with Gasteiger partial charge < -0.3 is 14.9 Å². The van der Waals surface area contributed by atoms with Crippen molar-refractivity contribution in [1.29, 1.82) is 0 Å². The number of fused-ring (bicyclic) bond motifs is 3. The van der Waals surface area contributed by atoms with Crippen molar-refractivity contribution >= 4 is 43.1 Å². The largest absolute Gasteiger partial charge is 0.517 e. The number of aliphatic hydroxyl groups excluding tert-OH is 1. The van der Waals surface area contributed by atoms with Crippen LogP contribution in [0.3, 0.4) is 0 Å². The Kier molecular flexibility index (Phi) is 14.2. The number of rotatable bonds is 10. The molecule has 9 heteroatoms. The van der Waals surface area contributed by atoms with Crippen LogP contribution >= 0.6 is 0 Å². The van der Waals surface area contributed by atoms with E-state index in [1.165, 1.54) is 13.8 Å². The van der Waals surface area contributed by atoms with Gasteiger partial charge in [0.25, 0.3) is 0 Å². The molecule has 0 bridgehead atoms. The molecule has 0 aliphatic carbocycles. The predicted octanol–water partition coefficient (Wildman–Crippen LogP) is 11.9. The van der Waals surface area contributed by atoms with Gasteiger partial charge in [-0.1, -0.05) is 123 Å². The van der Waals surface area contributed by atoms with Crippen LogP contribution in [0.5, 0.6) is 0 Å². The van der Waals surface area contributed by atoms with E-state index in [1.807, 2.05) is 44.2 Å². The zero-order chi connectivity index (χ0) is 35.4. The van der Waals surface area contributed by atoms with E-state index in [9.17, 15) is 23.1 Å². The Morgan fingerprint density at radius 2 is 1.42 bits per heavy atom. The van der Waals surface area contributed by atoms with E-state index in [0.29, 0.717) is 10.9 Å². The van der Waals surface area contributed by atoms with Crippen LogP contribution < -0.4 is 0 Å². The molecule has 0 unspecified atom stereocenters. The van der Waals surface area contributed by atoms with Gasteiger partial charge in [0.15, 0.2) is 0 Å². The van der Waals surface area contributed by atoms with Crippen LogP contribution in [-0.4, -0.2) is 37.8 Å². The van der Waals surface area contributed by atoms with E-state index < -0.39 is 27.7 Å². The van der Waals surface area contributed by atoms with Crippen LogP contribution in [0, 0.1) is 25.3 Å². The summed E-state index contributed by atoms with van der Waals surface area (Å²) in [4.78, 5) is 16.9. The van der Waals surface area contributed by atoms with Gasteiger partial charge >= 0.3 is 6.18 Å². The molecule has 0 aliphatic rings. The van der Waals surface area contributed by atoms with Crippen molar-refractivity contribution in [2.45, 2.75) is 105 Å². The predicted molar refractivity (Wildman–Crippen MR) is 197 cm³/mol. The molecule has 0 atom stereocenters. The molecule has 263 valence electrons. The molecule has 1 N–H and O–H groups in total. The zero-order valence-corrected chi connectivity index (χ0v) is 34.5. The Hall–Kier alpha value is -2.59. The first-order valence-electron chi connectivity index (χ1n) is 16.7. The number of aromatic nitrogens is 1. The van der Waals surface area contributed by atoms with Crippen LogP contribution in [0.15, 0.2) is 66.2 Å². The van der Waals surface area contributed by atoms with Crippen molar-refractivity contribution in [2.24, 2.45) is 5.41 Å². The first-order chi connectivity index (χ1) is 21.9. The maximum atomic E-state index is 13.5. The summed E-state index contributed by atoms with van der Waals surface area (Å²) >= 11 is 0. The number of allylic oxidation sites excluding steroid dienone is 1. The average molecular weight is 871 g/mol. The quantitative estimate of drug-likeness (QED) is 0.0568. The van der Waals surface area contributed by atoms with Gasteiger partial charge in [0.2, 0.25) is 0 Å². The van der Waals surface area contributed by atoms with Crippen LogP contribution in [0.1, 0.15) is 58.2 Å².